The number of ketones is 1. The number of hydrogen-bond acceptors (Lipinski definition) is 3. The maximum absolute atomic E-state index is 11.8. The fourth-order valence-corrected chi connectivity index (χ4v) is 1.70. The lowest BCUT2D eigenvalue weighted by molar-refractivity contribution is -0.127. The van der Waals surface area contributed by atoms with E-state index in [2.05, 4.69) is 5.32 Å². The predicted octanol–water partition coefficient (Wildman–Crippen LogP) is 2.83. The quantitative estimate of drug-likeness (QED) is 0.846. The van der Waals surface area contributed by atoms with Gasteiger partial charge >= 0.3 is 0 Å². The minimum absolute atomic E-state index is 0.0380. The summed E-state index contributed by atoms with van der Waals surface area (Å²) >= 11 is 5.84. The predicted molar refractivity (Wildman–Crippen MR) is 74.8 cm³/mol. The molecule has 0 aliphatic carbocycles. The first kappa shape index (κ1) is 15.5. The van der Waals surface area contributed by atoms with E-state index < -0.39 is 6.10 Å². The molecular formula is C14H18ClNO3. The Morgan fingerprint density at radius 1 is 1.26 bits per heavy atom. The van der Waals surface area contributed by atoms with Crippen LogP contribution in [0.1, 0.15) is 38.1 Å². The Morgan fingerprint density at radius 2 is 1.89 bits per heavy atom. The van der Waals surface area contributed by atoms with Gasteiger partial charge in [-0.3, -0.25) is 9.59 Å². The van der Waals surface area contributed by atoms with Crippen molar-refractivity contribution >= 4 is 23.3 Å². The third-order valence-electron chi connectivity index (χ3n) is 2.42. The smallest absolute Gasteiger partial charge is 0.260 e. The topological polar surface area (TPSA) is 55.4 Å². The monoisotopic (exact) mass is 283 g/mol. The molecule has 0 aliphatic rings. The number of amides is 1. The van der Waals surface area contributed by atoms with Crippen LogP contribution in [0.2, 0.25) is 5.02 Å². The largest absolute Gasteiger partial charge is 0.480 e. The molecule has 0 saturated heterocycles. The average Bonchev–Trinajstić information content (AvgIpc) is 2.30. The third-order valence-corrected chi connectivity index (χ3v) is 2.66. The van der Waals surface area contributed by atoms with Crippen LogP contribution < -0.4 is 10.1 Å². The lowest BCUT2D eigenvalue weighted by atomic mass is 10.1. The van der Waals surface area contributed by atoms with Gasteiger partial charge in [0, 0.05) is 11.1 Å². The number of rotatable bonds is 5. The van der Waals surface area contributed by atoms with E-state index in [0.29, 0.717) is 16.3 Å². The average molecular weight is 284 g/mol. The molecule has 1 rings (SSSR count). The summed E-state index contributed by atoms with van der Waals surface area (Å²) in [6.45, 7) is 6.80. The fraction of sp³-hybridized carbons (Fsp3) is 0.429. The van der Waals surface area contributed by atoms with Gasteiger partial charge in [-0.1, -0.05) is 11.6 Å². The summed E-state index contributed by atoms with van der Waals surface area (Å²) in [6, 6.07) is 4.79. The van der Waals surface area contributed by atoms with Crippen molar-refractivity contribution in [3.8, 4) is 5.75 Å². The van der Waals surface area contributed by atoms with Crippen molar-refractivity contribution in [3.05, 3.63) is 28.8 Å². The first-order valence-corrected chi connectivity index (χ1v) is 6.46. The molecule has 1 aromatic rings. The van der Waals surface area contributed by atoms with E-state index in [0.717, 1.165) is 0 Å². The van der Waals surface area contributed by atoms with Gasteiger partial charge in [0.1, 0.15) is 5.75 Å². The van der Waals surface area contributed by atoms with Gasteiger partial charge in [-0.25, -0.2) is 0 Å². The zero-order valence-corrected chi connectivity index (χ0v) is 12.2. The second-order valence-electron chi connectivity index (χ2n) is 4.62. The van der Waals surface area contributed by atoms with Gasteiger partial charge in [-0.15, -0.1) is 0 Å². The lowest BCUT2D eigenvalue weighted by Gasteiger charge is -2.18. The minimum Gasteiger partial charge on any atom is -0.480 e. The molecule has 0 aliphatic heterocycles. The van der Waals surface area contributed by atoms with Crippen LogP contribution in [0.3, 0.4) is 0 Å². The molecule has 0 bridgehead atoms. The van der Waals surface area contributed by atoms with Crippen molar-refractivity contribution in [3.63, 3.8) is 0 Å². The van der Waals surface area contributed by atoms with Crippen molar-refractivity contribution in [2.45, 2.75) is 39.8 Å². The summed E-state index contributed by atoms with van der Waals surface area (Å²) < 4.78 is 5.53. The molecular weight excluding hydrogens is 266 g/mol. The second-order valence-corrected chi connectivity index (χ2v) is 5.06. The molecule has 5 heteroatoms. The van der Waals surface area contributed by atoms with Gasteiger partial charge in [0.25, 0.3) is 5.91 Å². The number of nitrogens with one attached hydrogen (secondary N) is 1. The number of carbonyl (C=O) groups is 2. The Hall–Kier alpha value is -1.55. The van der Waals surface area contributed by atoms with Crippen LogP contribution in [0.4, 0.5) is 0 Å². The van der Waals surface area contributed by atoms with Crippen molar-refractivity contribution in [1.29, 1.82) is 0 Å². The number of benzene rings is 1. The Morgan fingerprint density at radius 3 is 2.42 bits per heavy atom. The van der Waals surface area contributed by atoms with Crippen LogP contribution in [0.25, 0.3) is 0 Å². The third kappa shape index (κ3) is 4.56. The maximum atomic E-state index is 11.8. The van der Waals surface area contributed by atoms with Crippen LogP contribution in [0, 0.1) is 0 Å². The first-order valence-electron chi connectivity index (χ1n) is 6.08. The van der Waals surface area contributed by atoms with E-state index in [-0.39, 0.29) is 17.7 Å². The van der Waals surface area contributed by atoms with Gasteiger partial charge in [0.15, 0.2) is 11.9 Å². The molecule has 1 aromatic carbocycles. The SMILES string of the molecule is CC(=O)c1cc(Cl)ccc1OC(C)C(=O)NC(C)C. The Balaban J connectivity index is 2.87. The highest BCUT2D eigenvalue weighted by Gasteiger charge is 2.18. The summed E-state index contributed by atoms with van der Waals surface area (Å²) in [4.78, 5) is 23.3. The van der Waals surface area contributed by atoms with Crippen molar-refractivity contribution in [2.24, 2.45) is 0 Å². The van der Waals surface area contributed by atoms with Gasteiger partial charge in [-0.05, 0) is 45.9 Å². The summed E-state index contributed by atoms with van der Waals surface area (Å²) in [5.41, 5.74) is 0.372. The molecule has 0 radical (unpaired) electrons. The van der Waals surface area contributed by atoms with Gasteiger partial charge in [-0.2, -0.15) is 0 Å². The van der Waals surface area contributed by atoms with E-state index >= 15 is 0 Å². The molecule has 0 heterocycles. The molecule has 0 saturated carbocycles. The van der Waals surface area contributed by atoms with Gasteiger partial charge < -0.3 is 10.1 Å². The van der Waals surface area contributed by atoms with Gasteiger partial charge in [0.2, 0.25) is 0 Å². The summed E-state index contributed by atoms with van der Waals surface area (Å²) in [7, 11) is 0. The number of Topliss-reactive ketones (excluding diaryl/α,β-unsaturated/α-hetero) is 1. The maximum Gasteiger partial charge on any atom is 0.260 e. The molecule has 1 N–H and O–H groups in total. The van der Waals surface area contributed by atoms with Crippen molar-refractivity contribution in [2.75, 3.05) is 0 Å². The summed E-state index contributed by atoms with van der Waals surface area (Å²) in [5.74, 6) is -0.0169. The van der Waals surface area contributed by atoms with E-state index in [4.69, 9.17) is 16.3 Å². The molecule has 4 nitrogen and oxygen atoms in total. The van der Waals surface area contributed by atoms with E-state index in [9.17, 15) is 9.59 Å². The summed E-state index contributed by atoms with van der Waals surface area (Å²) in [5, 5.41) is 3.20. The van der Waals surface area contributed by atoms with Crippen LogP contribution >= 0.6 is 11.6 Å². The molecule has 1 amide bonds. The number of carbonyl (C=O) groups excluding carboxylic acids is 2. The Kier molecular flexibility index (Phi) is 5.36. The molecule has 19 heavy (non-hydrogen) atoms. The second kappa shape index (κ2) is 6.57. The zero-order valence-electron chi connectivity index (χ0n) is 11.5. The van der Waals surface area contributed by atoms with Crippen LogP contribution in [0.5, 0.6) is 5.75 Å². The number of hydrogen-bond donors (Lipinski definition) is 1. The Bertz CT molecular complexity index is 486. The molecule has 0 spiro atoms. The lowest BCUT2D eigenvalue weighted by Crippen LogP contribution is -2.40. The van der Waals surface area contributed by atoms with E-state index in [1.54, 1.807) is 19.1 Å². The normalized spacial score (nSPS) is 12.1. The van der Waals surface area contributed by atoms with Crippen LogP contribution in [-0.4, -0.2) is 23.8 Å². The van der Waals surface area contributed by atoms with Gasteiger partial charge in [0.05, 0.1) is 5.56 Å². The number of halogens is 1. The molecule has 1 atom stereocenters. The first-order chi connectivity index (χ1) is 8.81. The van der Waals surface area contributed by atoms with Crippen LogP contribution in [0.15, 0.2) is 18.2 Å². The van der Waals surface area contributed by atoms with Crippen LogP contribution in [-0.2, 0) is 4.79 Å². The highest BCUT2D eigenvalue weighted by atomic mass is 35.5. The van der Waals surface area contributed by atoms with E-state index in [1.807, 2.05) is 13.8 Å². The highest BCUT2D eigenvalue weighted by Crippen LogP contribution is 2.24. The molecule has 0 fully saturated rings. The standard InChI is InChI=1S/C14H18ClNO3/c1-8(2)16-14(18)10(4)19-13-6-5-11(15)7-12(13)9(3)17/h5-8,10H,1-4H3,(H,16,18). The molecule has 0 aromatic heterocycles. The minimum atomic E-state index is -0.679. The Labute approximate surface area is 118 Å². The van der Waals surface area contributed by atoms with E-state index in [1.165, 1.54) is 13.0 Å². The van der Waals surface area contributed by atoms with Crippen molar-refractivity contribution in [1.82, 2.24) is 5.32 Å². The number of ether oxygens (including phenoxy) is 1. The highest BCUT2D eigenvalue weighted by molar-refractivity contribution is 6.31. The van der Waals surface area contributed by atoms with Crippen molar-refractivity contribution < 1.29 is 14.3 Å². The zero-order chi connectivity index (χ0) is 14.6. The molecule has 104 valence electrons. The fourth-order valence-electron chi connectivity index (χ4n) is 1.53. The molecule has 1 unspecified atom stereocenters. The summed E-state index contributed by atoms with van der Waals surface area (Å²) in [6.07, 6.45) is -0.679.